The molecule has 0 unspecified atom stereocenters. The number of nitrogens with two attached hydrogens (primary N) is 1. The summed E-state index contributed by atoms with van der Waals surface area (Å²) < 4.78 is 18.8. The second kappa shape index (κ2) is 6.85. The molecule has 2 aromatic rings. The van der Waals surface area contributed by atoms with E-state index in [1.54, 1.807) is 37.3 Å². The van der Waals surface area contributed by atoms with Crippen LogP contribution in [0.25, 0.3) is 0 Å². The minimum atomic E-state index is -0.805. The van der Waals surface area contributed by atoms with Crippen molar-refractivity contribution in [2.24, 2.45) is 5.73 Å². The average Bonchev–Trinajstić information content (AvgIpc) is 2.50. The van der Waals surface area contributed by atoms with E-state index in [1.807, 2.05) is 6.07 Å². The summed E-state index contributed by atoms with van der Waals surface area (Å²) in [5.74, 6) is -0.768. The molecule has 0 aromatic heterocycles. The maximum absolute atomic E-state index is 13.7. The van der Waals surface area contributed by atoms with E-state index < -0.39 is 17.8 Å². The summed E-state index contributed by atoms with van der Waals surface area (Å²) >= 11 is 0. The normalized spacial score (nSPS) is 11.8. The quantitative estimate of drug-likeness (QED) is 0.889. The van der Waals surface area contributed by atoms with Crippen molar-refractivity contribution >= 4 is 11.6 Å². The van der Waals surface area contributed by atoms with Crippen molar-refractivity contribution in [2.45, 2.75) is 13.0 Å². The van der Waals surface area contributed by atoms with Gasteiger partial charge in [0.2, 0.25) is 5.91 Å². The van der Waals surface area contributed by atoms with E-state index >= 15 is 0 Å². The molecule has 2 rings (SSSR count). The Morgan fingerprint density at radius 2 is 2.00 bits per heavy atom. The van der Waals surface area contributed by atoms with Gasteiger partial charge in [-0.15, -0.1) is 0 Å². The maximum Gasteiger partial charge on any atom is 0.245 e. The van der Waals surface area contributed by atoms with Crippen LogP contribution in [0.15, 0.2) is 48.5 Å². The molecule has 0 aliphatic heterocycles. The van der Waals surface area contributed by atoms with Crippen LogP contribution in [0.1, 0.15) is 18.5 Å². The lowest BCUT2D eigenvalue weighted by molar-refractivity contribution is -0.117. The number of carbonyl (C=O) groups is 1. The standard InChI is InChI=1S/C16H17FN2O2/c1-2-21-14-9-8-12(10-13(14)17)19-16(20)15(18)11-6-4-3-5-7-11/h3-10,15H,2,18H2,1H3,(H,19,20)/t15-/m0/s1. The van der Waals surface area contributed by atoms with E-state index in [0.29, 0.717) is 17.9 Å². The van der Waals surface area contributed by atoms with Gasteiger partial charge in [0, 0.05) is 11.8 Å². The minimum Gasteiger partial charge on any atom is -0.491 e. The van der Waals surface area contributed by atoms with E-state index in [0.717, 1.165) is 0 Å². The highest BCUT2D eigenvalue weighted by Gasteiger charge is 2.16. The van der Waals surface area contributed by atoms with Crippen molar-refractivity contribution in [1.29, 1.82) is 0 Å². The molecule has 110 valence electrons. The Kier molecular flexibility index (Phi) is 4.90. The molecule has 0 bridgehead atoms. The van der Waals surface area contributed by atoms with Crippen LogP contribution in [0.3, 0.4) is 0 Å². The van der Waals surface area contributed by atoms with Crippen molar-refractivity contribution in [3.05, 3.63) is 59.9 Å². The summed E-state index contributed by atoms with van der Waals surface area (Å²) in [5, 5.41) is 2.59. The summed E-state index contributed by atoms with van der Waals surface area (Å²) in [4.78, 5) is 12.0. The van der Waals surface area contributed by atoms with Crippen LogP contribution in [0.4, 0.5) is 10.1 Å². The highest BCUT2D eigenvalue weighted by Crippen LogP contribution is 2.22. The maximum atomic E-state index is 13.7. The fourth-order valence-electron chi connectivity index (χ4n) is 1.88. The number of ether oxygens (including phenoxy) is 1. The summed E-state index contributed by atoms with van der Waals surface area (Å²) in [7, 11) is 0. The lowest BCUT2D eigenvalue weighted by atomic mass is 10.1. The van der Waals surface area contributed by atoms with E-state index in [-0.39, 0.29) is 5.75 Å². The predicted molar refractivity (Wildman–Crippen MR) is 79.6 cm³/mol. The number of halogens is 1. The molecule has 0 spiro atoms. The lowest BCUT2D eigenvalue weighted by Gasteiger charge is -2.13. The highest BCUT2D eigenvalue weighted by atomic mass is 19.1. The number of anilines is 1. The first kappa shape index (κ1) is 15.0. The van der Waals surface area contributed by atoms with Crippen molar-refractivity contribution in [3.63, 3.8) is 0 Å². The van der Waals surface area contributed by atoms with Crippen LogP contribution in [0.2, 0.25) is 0 Å². The first-order valence-electron chi connectivity index (χ1n) is 6.65. The van der Waals surface area contributed by atoms with Gasteiger partial charge in [0.25, 0.3) is 0 Å². The molecule has 5 heteroatoms. The van der Waals surface area contributed by atoms with Crippen LogP contribution in [-0.4, -0.2) is 12.5 Å². The molecule has 21 heavy (non-hydrogen) atoms. The molecule has 4 nitrogen and oxygen atoms in total. The van der Waals surface area contributed by atoms with Gasteiger partial charge in [-0.2, -0.15) is 0 Å². The fourth-order valence-corrected chi connectivity index (χ4v) is 1.88. The highest BCUT2D eigenvalue weighted by molar-refractivity contribution is 5.95. The Bertz CT molecular complexity index is 617. The molecule has 3 N–H and O–H groups in total. The van der Waals surface area contributed by atoms with Crippen molar-refractivity contribution in [1.82, 2.24) is 0 Å². The zero-order chi connectivity index (χ0) is 15.2. The number of hydrogen-bond donors (Lipinski definition) is 2. The molecular weight excluding hydrogens is 271 g/mol. The summed E-state index contributed by atoms with van der Waals surface area (Å²) in [5.41, 5.74) is 6.91. The second-order valence-electron chi connectivity index (χ2n) is 4.46. The van der Waals surface area contributed by atoms with E-state index in [4.69, 9.17) is 10.5 Å². The Balaban J connectivity index is 2.07. The molecular formula is C16H17FN2O2. The van der Waals surface area contributed by atoms with E-state index in [2.05, 4.69) is 5.32 Å². The molecule has 0 heterocycles. The van der Waals surface area contributed by atoms with Crippen LogP contribution in [0, 0.1) is 5.82 Å². The molecule has 0 saturated carbocycles. The van der Waals surface area contributed by atoms with Gasteiger partial charge in [-0.05, 0) is 24.6 Å². The van der Waals surface area contributed by atoms with E-state index in [9.17, 15) is 9.18 Å². The average molecular weight is 288 g/mol. The largest absolute Gasteiger partial charge is 0.491 e. The third-order valence-corrected chi connectivity index (χ3v) is 2.94. The van der Waals surface area contributed by atoms with Crippen molar-refractivity contribution in [3.8, 4) is 5.75 Å². The fraction of sp³-hybridized carbons (Fsp3) is 0.188. The number of hydrogen-bond acceptors (Lipinski definition) is 3. The topological polar surface area (TPSA) is 64.3 Å². The Morgan fingerprint density at radius 3 is 2.62 bits per heavy atom. The van der Waals surface area contributed by atoms with Gasteiger partial charge in [0.05, 0.1) is 6.61 Å². The molecule has 0 saturated heterocycles. The number of benzene rings is 2. The third kappa shape index (κ3) is 3.79. The molecule has 0 aliphatic rings. The molecule has 0 aliphatic carbocycles. The number of carbonyl (C=O) groups excluding carboxylic acids is 1. The molecule has 0 fully saturated rings. The second-order valence-corrected chi connectivity index (χ2v) is 4.46. The summed E-state index contributed by atoms with van der Waals surface area (Å²) in [6.45, 7) is 2.15. The monoisotopic (exact) mass is 288 g/mol. The predicted octanol–water partition coefficient (Wildman–Crippen LogP) is 2.86. The first-order valence-corrected chi connectivity index (χ1v) is 6.65. The van der Waals surface area contributed by atoms with Crippen molar-refractivity contribution in [2.75, 3.05) is 11.9 Å². The summed E-state index contributed by atoms with van der Waals surface area (Å²) in [6.07, 6.45) is 0. The molecule has 1 atom stereocenters. The zero-order valence-corrected chi connectivity index (χ0v) is 11.7. The molecule has 1 amide bonds. The molecule has 2 aromatic carbocycles. The van der Waals surface area contributed by atoms with Crippen LogP contribution in [-0.2, 0) is 4.79 Å². The van der Waals surface area contributed by atoms with Gasteiger partial charge in [-0.1, -0.05) is 30.3 Å². The summed E-state index contributed by atoms with van der Waals surface area (Å²) in [6, 6.07) is 12.4. The number of nitrogens with one attached hydrogen (secondary N) is 1. The van der Waals surface area contributed by atoms with Gasteiger partial charge in [0.1, 0.15) is 6.04 Å². The zero-order valence-electron chi connectivity index (χ0n) is 11.7. The lowest BCUT2D eigenvalue weighted by Crippen LogP contribution is -2.27. The van der Waals surface area contributed by atoms with Crippen molar-refractivity contribution < 1.29 is 13.9 Å². The van der Waals surface area contributed by atoms with Gasteiger partial charge < -0.3 is 15.8 Å². The minimum absolute atomic E-state index is 0.155. The smallest absolute Gasteiger partial charge is 0.245 e. The third-order valence-electron chi connectivity index (χ3n) is 2.94. The van der Waals surface area contributed by atoms with Crippen LogP contribution >= 0.6 is 0 Å². The number of rotatable bonds is 5. The van der Waals surface area contributed by atoms with Gasteiger partial charge in [-0.25, -0.2) is 4.39 Å². The van der Waals surface area contributed by atoms with Gasteiger partial charge >= 0.3 is 0 Å². The number of amides is 1. The SMILES string of the molecule is CCOc1ccc(NC(=O)[C@@H](N)c2ccccc2)cc1F. The Labute approximate surface area is 122 Å². The van der Waals surface area contributed by atoms with Crippen LogP contribution in [0.5, 0.6) is 5.75 Å². The van der Waals surface area contributed by atoms with Gasteiger partial charge in [0.15, 0.2) is 11.6 Å². The Morgan fingerprint density at radius 1 is 1.29 bits per heavy atom. The van der Waals surface area contributed by atoms with Crippen LogP contribution < -0.4 is 15.8 Å². The Hall–Kier alpha value is -2.40. The van der Waals surface area contributed by atoms with Gasteiger partial charge in [-0.3, -0.25) is 4.79 Å². The van der Waals surface area contributed by atoms with E-state index in [1.165, 1.54) is 12.1 Å². The molecule has 0 radical (unpaired) electrons. The first-order chi connectivity index (χ1) is 10.1.